The minimum atomic E-state index is -2.45. The van der Waals surface area contributed by atoms with Gasteiger partial charge < -0.3 is 10.0 Å². The van der Waals surface area contributed by atoms with Crippen LogP contribution in [0.2, 0.25) is 0 Å². The monoisotopic (exact) mass is 345 g/mol. The van der Waals surface area contributed by atoms with Crippen LogP contribution in [0, 0.1) is 11.3 Å². The fourth-order valence-corrected chi connectivity index (χ4v) is 3.17. The van der Waals surface area contributed by atoms with Gasteiger partial charge in [-0.2, -0.15) is 5.26 Å². The van der Waals surface area contributed by atoms with Crippen LogP contribution in [0.15, 0.2) is 0 Å². The molecule has 0 radical (unpaired) electrons. The number of aliphatic hydroxyl groups is 1. The number of hydrogen-bond acceptors (Lipinski definition) is 4. The van der Waals surface area contributed by atoms with E-state index in [-0.39, 0.29) is 30.8 Å². The zero-order valence-corrected chi connectivity index (χ0v) is 14.9. The number of likely N-dealkylation sites (tertiary alicyclic amines) is 2. The van der Waals surface area contributed by atoms with E-state index in [1.165, 1.54) is 4.90 Å². The molecule has 2 aliphatic rings. The summed E-state index contributed by atoms with van der Waals surface area (Å²) in [5.41, 5.74) is -0.0608. The summed E-state index contributed by atoms with van der Waals surface area (Å²) in [6, 6.07) is 1.79. The van der Waals surface area contributed by atoms with Crippen LogP contribution in [0.5, 0.6) is 0 Å². The molecule has 1 unspecified atom stereocenters. The Morgan fingerprint density at radius 1 is 1.42 bits per heavy atom. The average Bonchev–Trinajstić information content (AvgIpc) is 3.06. The third-order valence-corrected chi connectivity index (χ3v) is 4.63. The number of β-amino-alcohol motifs (C(OH)–C–C–N with tert-alkyl or cyclic N) is 1. The molecule has 0 aromatic rings. The molecule has 24 heavy (non-hydrogen) atoms. The quantitative estimate of drug-likeness (QED) is 0.850. The molecule has 2 fully saturated rings. The first kappa shape index (κ1) is 20.8. The maximum atomic E-state index is 12.9. The second-order valence-electron chi connectivity index (χ2n) is 7.21. The van der Waals surface area contributed by atoms with E-state index >= 15 is 0 Å². The van der Waals surface area contributed by atoms with Gasteiger partial charge in [0.2, 0.25) is 5.91 Å². The summed E-state index contributed by atoms with van der Waals surface area (Å²) in [5.74, 6) is -2.63. The van der Waals surface area contributed by atoms with E-state index < -0.39 is 12.0 Å². The molecule has 1 N–H and O–H groups in total. The predicted molar refractivity (Wildman–Crippen MR) is 87.6 cm³/mol. The molecule has 0 spiro atoms. The highest BCUT2D eigenvalue weighted by atomic mass is 19.3. The van der Waals surface area contributed by atoms with E-state index in [1.54, 1.807) is 6.07 Å². The molecule has 138 valence electrons. The van der Waals surface area contributed by atoms with Gasteiger partial charge in [0.25, 0.3) is 5.92 Å². The molecule has 0 aromatic carbocycles. The molecular weight excluding hydrogens is 316 g/mol. The summed E-state index contributed by atoms with van der Waals surface area (Å²) in [4.78, 5) is 14.4. The summed E-state index contributed by atoms with van der Waals surface area (Å²) in [6.45, 7) is 7.66. The molecule has 1 atom stereocenters. The van der Waals surface area contributed by atoms with E-state index in [0.717, 1.165) is 12.8 Å². The van der Waals surface area contributed by atoms with Gasteiger partial charge in [-0.1, -0.05) is 13.3 Å². The van der Waals surface area contributed by atoms with Gasteiger partial charge in [-0.25, -0.2) is 8.78 Å². The molecule has 0 aromatic heterocycles. The van der Waals surface area contributed by atoms with Crippen LogP contribution in [0.3, 0.4) is 0 Å². The Morgan fingerprint density at radius 2 is 2.08 bits per heavy atom. The molecular formula is C17H29F2N3O2. The Labute approximate surface area is 143 Å². The van der Waals surface area contributed by atoms with Crippen molar-refractivity contribution in [2.24, 2.45) is 0 Å². The number of rotatable bonds is 4. The van der Waals surface area contributed by atoms with Crippen LogP contribution in [0.4, 0.5) is 8.78 Å². The van der Waals surface area contributed by atoms with Crippen molar-refractivity contribution in [3.63, 3.8) is 0 Å². The Hall–Kier alpha value is -1.26. The number of carbonyl (C=O) groups excluding carboxylic acids is 1. The minimum absolute atomic E-state index is 0.0279. The molecule has 0 saturated carbocycles. The Balaban J connectivity index is 0.000000243. The number of hydrogen-bond donors (Lipinski definition) is 1. The highest BCUT2D eigenvalue weighted by molar-refractivity contribution is 5.78. The Kier molecular flexibility index (Phi) is 7.56. The highest BCUT2D eigenvalue weighted by Crippen LogP contribution is 2.33. The fraction of sp³-hybridized carbons (Fsp3) is 0.882. The standard InChI is InChI=1S/C10H19F2N.C7H10N2O2/c1-4-5-9(2,3)13-7-6-10(11,12)8-13;8-3-1-7(11)9-4-2-6(10)5-9/h4-8H2,1-3H3;6,10H,1-2,4-5H2. The molecule has 2 heterocycles. The molecule has 7 heteroatoms. The van der Waals surface area contributed by atoms with Crippen molar-refractivity contribution in [1.82, 2.24) is 9.80 Å². The van der Waals surface area contributed by atoms with Crippen molar-refractivity contribution in [3.8, 4) is 6.07 Å². The van der Waals surface area contributed by atoms with Gasteiger partial charge >= 0.3 is 0 Å². The Morgan fingerprint density at radius 3 is 2.50 bits per heavy atom. The molecule has 2 aliphatic heterocycles. The van der Waals surface area contributed by atoms with Crippen LogP contribution in [0.25, 0.3) is 0 Å². The van der Waals surface area contributed by atoms with Gasteiger partial charge in [0.15, 0.2) is 0 Å². The third-order valence-electron chi connectivity index (χ3n) is 4.63. The molecule has 2 saturated heterocycles. The topological polar surface area (TPSA) is 67.6 Å². The molecule has 0 bridgehead atoms. The van der Waals surface area contributed by atoms with Crippen LogP contribution in [0.1, 0.15) is 52.9 Å². The van der Waals surface area contributed by atoms with Crippen molar-refractivity contribution in [2.45, 2.75) is 70.4 Å². The van der Waals surface area contributed by atoms with Crippen LogP contribution in [-0.2, 0) is 4.79 Å². The lowest BCUT2D eigenvalue weighted by molar-refractivity contribution is -0.129. The molecule has 2 rings (SSSR count). The second kappa shape index (κ2) is 8.72. The fourth-order valence-electron chi connectivity index (χ4n) is 3.17. The normalized spacial score (nSPS) is 23.5. The summed E-state index contributed by atoms with van der Waals surface area (Å²) in [6.07, 6.45) is 2.24. The van der Waals surface area contributed by atoms with Gasteiger partial charge in [0.05, 0.1) is 18.7 Å². The minimum Gasteiger partial charge on any atom is -0.391 e. The SMILES string of the molecule is CCCC(C)(C)N1CCC(F)(F)C1.N#CCC(=O)N1CCC(O)C1. The van der Waals surface area contributed by atoms with Crippen LogP contribution < -0.4 is 0 Å². The van der Waals surface area contributed by atoms with Gasteiger partial charge in [-0.3, -0.25) is 9.69 Å². The van der Waals surface area contributed by atoms with E-state index in [1.807, 2.05) is 4.90 Å². The number of halogens is 2. The first-order chi connectivity index (χ1) is 11.1. The van der Waals surface area contributed by atoms with Gasteiger partial charge in [0.1, 0.15) is 6.42 Å². The van der Waals surface area contributed by atoms with Crippen LogP contribution in [-0.4, -0.2) is 64.6 Å². The molecule has 1 amide bonds. The van der Waals surface area contributed by atoms with E-state index in [0.29, 0.717) is 26.1 Å². The summed E-state index contributed by atoms with van der Waals surface area (Å²) >= 11 is 0. The Bertz CT molecular complexity index is 463. The summed E-state index contributed by atoms with van der Waals surface area (Å²) < 4.78 is 25.8. The van der Waals surface area contributed by atoms with Crippen LogP contribution >= 0.6 is 0 Å². The lowest BCUT2D eigenvalue weighted by Crippen LogP contribution is -2.43. The van der Waals surface area contributed by atoms with Gasteiger partial charge in [0, 0.05) is 31.6 Å². The average molecular weight is 345 g/mol. The number of alkyl halides is 2. The zero-order chi connectivity index (χ0) is 18.4. The van der Waals surface area contributed by atoms with E-state index in [2.05, 4.69) is 20.8 Å². The number of nitrogens with zero attached hydrogens (tertiary/aromatic N) is 3. The number of carbonyl (C=O) groups is 1. The van der Waals surface area contributed by atoms with Gasteiger partial charge in [-0.15, -0.1) is 0 Å². The van der Waals surface area contributed by atoms with Crippen molar-refractivity contribution < 1.29 is 18.7 Å². The predicted octanol–water partition coefficient (Wildman–Crippen LogP) is 2.40. The van der Waals surface area contributed by atoms with Crippen molar-refractivity contribution in [3.05, 3.63) is 0 Å². The first-order valence-electron chi connectivity index (χ1n) is 8.57. The van der Waals surface area contributed by atoms with Crippen molar-refractivity contribution in [2.75, 3.05) is 26.2 Å². The summed E-state index contributed by atoms with van der Waals surface area (Å²) in [5, 5.41) is 17.2. The largest absolute Gasteiger partial charge is 0.391 e. The molecule has 0 aliphatic carbocycles. The lowest BCUT2D eigenvalue weighted by atomic mass is 9.97. The first-order valence-corrected chi connectivity index (χ1v) is 8.57. The number of aliphatic hydroxyl groups excluding tert-OH is 1. The smallest absolute Gasteiger partial charge is 0.261 e. The van der Waals surface area contributed by atoms with E-state index in [9.17, 15) is 13.6 Å². The maximum absolute atomic E-state index is 12.9. The van der Waals surface area contributed by atoms with Gasteiger partial charge in [-0.05, 0) is 26.7 Å². The highest BCUT2D eigenvalue weighted by Gasteiger charge is 2.43. The van der Waals surface area contributed by atoms with Crippen molar-refractivity contribution in [1.29, 1.82) is 5.26 Å². The zero-order valence-electron chi connectivity index (χ0n) is 14.9. The summed E-state index contributed by atoms with van der Waals surface area (Å²) in [7, 11) is 0. The number of nitriles is 1. The number of amides is 1. The second-order valence-corrected chi connectivity index (χ2v) is 7.21. The van der Waals surface area contributed by atoms with E-state index in [4.69, 9.17) is 10.4 Å². The molecule has 5 nitrogen and oxygen atoms in total. The van der Waals surface area contributed by atoms with Crippen molar-refractivity contribution >= 4 is 5.91 Å². The third kappa shape index (κ3) is 6.33. The lowest BCUT2D eigenvalue weighted by Gasteiger charge is -2.35. The maximum Gasteiger partial charge on any atom is 0.261 e.